The van der Waals surface area contributed by atoms with Crippen molar-refractivity contribution in [2.45, 2.75) is 32.0 Å². The third-order valence-electron chi connectivity index (χ3n) is 6.53. The Morgan fingerprint density at radius 2 is 1.97 bits per heavy atom. The average Bonchev–Trinajstić information content (AvgIpc) is 3.51. The quantitative estimate of drug-likeness (QED) is 0.470. The maximum absolute atomic E-state index is 5.97. The van der Waals surface area contributed by atoms with E-state index in [9.17, 15) is 0 Å². The van der Waals surface area contributed by atoms with Crippen molar-refractivity contribution in [1.82, 2.24) is 29.6 Å². The van der Waals surface area contributed by atoms with Gasteiger partial charge in [0.25, 0.3) is 0 Å². The first kappa shape index (κ1) is 23.7. The number of benzene rings is 1. The number of para-hydroxylation sites is 1. The molecule has 9 heteroatoms. The topological polar surface area (TPSA) is 69.8 Å². The number of ether oxygens (including phenoxy) is 1. The van der Waals surface area contributed by atoms with Crippen LogP contribution in [0, 0.1) is 5.92 Å². The maximum atomic E-state index is 5.97. The molecule has 2 atom stereocenters. The molecule has 2 aliphatic heterocycles. The van der Waals surface area contributed by atoms with Crippen LogP contribution in [0.15, 0.2) is 55.0 Å². The Balaban J connectivity index is 0.00000130. The molecular formula is C24H28Cl2N6O. The Labute approximate surface area is 205 Å². The fraction of sp³-hybridized carbons (Fsp3) is 0.375. The number of aryl methyl sites for hydroxylation is 1. The third kappa shape index (κ3) is 4.51. The summed E-state index contributed by atoms with van der Waals surface area (Å²) in [4.78, 5) is 9.21. The number of hydrogen-bond donors (Lipinski definition) is 1. The van der Waals surface area contributed by atoms with Crippen LogP contribution in [0.25, 0.3) is 22.4 Å². The number of nitrogens with one attached hydrogen (secondary N) is 1. The molecule has 0 radical (unpaired) electrons. The van der Waals surface area contributed by atoms with E-state index in [2.05, 4.69) is 56.1 Å². The number of rotatable bonds is 4. The van der Waals surface area contributed by atoms with Crippen LogP contribution >= 0.6 is 24.8 Å². The van der Waals surface area contributed by atoms with E-state index < -0.39 is 0 Å². The highest BCUT2D eigenvalue weighted by Crippen LogP contribution is 2.33. The average molecular weight is 487 g/mol. The van der Waals surface area contributed by atoms with Crippen LogP contribution in [0.1, 0.15) is 23.7 Å². The predicted molar refractivity (Wildman–Crippen MR) is 133 cm³/mol. The zero-order valence-electron chi connectivity index (χ0n) is 18.3. The van der Waals surface area contributed by atoms with Gasteiger partial charge in [-0.3, -0.25) is 9.67 Å². The summed E-state index contributed by atoms with van der Waals surface area (Å²) >= 11 is 0. The second-order valence-corrected chi connectivity index (χ2v) is 8.49. The van der Waals surface area contributed by atoms with Crippen molar-refractivity contribution in [3.63, 3.8) is 0 Å². The predicted octanol–water partition coefficient (Wildman–Crippen LogP) is 4.06. The number of imidazole rings is 1. The number of hydrogen-bond acceptors (Lipinski definition) is 5. The zero-order chi connectivity index (χ0) is 20.6. The van der Waals surface area contributed by atoms with E-state index in [1.54, 1.807) is 0 Å². The lowest BCUT2D eigenvalue weighted by atomic mass is 9.93. The SMILES string of the molecule is Cl.Cl.c1ccc2c(C[C@H]3COC[C@H]3n3ccnc3-c3cc4n(n3)CCCNC4)ccnc2c1. The molecule has 174 valence electrons. The van der Waals surface area contributed by atoms with Crippen LogP contribution in [-0.2, 0) is 24.2 Å². The van der Waals surface area contributed by atoms with Gasteiger partial charge >= 0.3 is 0 Å². The van der Waals surface area contributed by atoms with Crippen LogP contribution in [0.4, 0.5) is 0 Å². The van der Waals surface area contributed by atoms with Gasteiger partial charge in [-0.15, -0.1) is 24.8 Å². The minimum atomic E-state index is 0. The lowest BCUT2D eigenvalue weighted by molar-refractivity contribution is 0.181. The first-order valence-electron chi connectivity index (χ1n) is 11.1. The van der Waals surface area contributed by atoms with Gasteiger partial charge in [0.15, 0.2) is 5.82 Å². The minimum Gasteiger partial charge on any atom is -0.379 e. The van der Waals surface area contributed by atoms with Gasteiger partial charge < -0.3 is 14.6 Å². The third-order valence-corrected chi connectivity index (χ3v) is 6.53. The summed E-state index contributed by atoms with van der Waals surface area (Å²) in [5.74, 6) is 1.31. The highest BCUT2D eigenvalue weighted by atomic mass is 35.5. The van der Waals surface area contributed by atoms with Crippen LogP contribution < -0.4 is 5.32 Å². The minimum absolute atomic E-state index is 0. The molecule has 1 aromatic carbocycles. The van der Waals surface area contributed by atoms with Crippen molar-refractivity contribution in [3.8, 4) is 11.5 Å². The molecule has 7 nitrogen and oxygen atoms in total. The van der Waals surface area contributed by atoms with Gasteiger partial charge in [-0.05, 0) is 43.1 Å². The summed E-state index contributed by atoms with van der Waals surface area (Å²) < 4.78 is 10.4. The molecule has 0 bridgehead atoms. The molecule has 1 fully saturated rings. The fourth-order valence-electron chi connectivity index (χ4n) is 4.96. The summed E-state index contributed by atoms with van der Waals surface area (Å²) in [6.45, 7) is 4.30. The van der Waals surface area contributed by atoms with Gasteiger partial charge in [0.05, 0.1) is 30.5 Å². The molecule has 4 aromatic rings. The van der Waals surface area contributed by atoms with E-state index in [1.807, 2.05) is 18.5 Å². The number of halogens is 2. The van der Waals surface area contributed by atoms with E-state index in [-0.39, 0.29) is 30.9 Å². The molecule has 1 N–H and O–H groups in total. The van der Waals surface area contributed by atoms with Crippen LogP contribution in [-0.4, -0.2) is 44.1 Å². The summed E-state index contributed by atoms with van der Waals surface area (Å²) in [7, 11) is 0. The van der Waals surface area contributed by atoms with Gasteiger partial charge in [0, 0.05) is 43.0 Å². The summed E-state index contributed by atoms with van der Waals surface area (Å²) in [6, 6.07) is 12.9. The van der Waals surface area contributed by atoms with Gasteiger partial charge in [0.2, 0.25) is 0 Å². The van der Waals surface area contributed by atoms with Crippen LogP contribution in [0.5, 0.6) is 0 Å². The lowest BCUT2D eigenvalue weighted by Crippen LogP contribution is -2.20. The molecular weight excluding hydrogens is 459 g/mol. The number of pyridine rings is 1. The molecule has 5 heterocycles. The van der Waals surface area contributed by atoms with Gasteiger partial charge in [-0.1, -0.05) is 18.2 Å². The standard InChI is InChI=1S/C24H26N6O.2ClH/c1-2-5-21-20(4-1)17(6-8-26-21)12-18-15-31-16-23(18)29-11-9-27-24(29)22-13-19-14-25-7-3-10-30(19)28-22;;/h1-2,4-6,8-9,11,13,18,23,25H,3,7,10,12,14-16H2;2*1H/t18-,23+;;/m0../s1. The Morgan fingerprint density at radius 3 is 2.91 bits per heavy atom. The molecule has 0 spiro atoms. The Bertz CT molecular complexity index is 1190. The van der Waals surface area contributed by atoms with E-state index in [0.29, 0.717) is 12.5 Å². The molecule has 0 saturated carbocycles. The van der Waals surface area contributed by atoms with Gasteiger partial charge in [-0.25, -0.2) is 4.98 Å². The molecule has 33 heavy (non-hydrogen) atoms. The highest BCUT2D eigenvalue weighted by Gasteiger charge is 2.32. The van der Waals surface area contributed by atoms with Crippen molar-refractivity contribution in [1.29, 1.82) is 0 Å². The zero-order valence-corrected chi connectivity index (χ0v) is 19.9. The Hall–Kier alpha value is -2.45. The van der Waals surface area contributed by atoms with Crippen LogP contribution in [0.3, 0.4) is 0 Å². The highest BCUT2D eigenvalue weighted by molar-refractivity contribution is 5.85. The van der Waals surface area contributed by atoms with E-state index >= 15 is 0 Å². The van der Waals surface area contributed by atoms with Crippen molar-refractivity contribution >= 4 is 35.7 Å². The first-order valence-corrected chi connectivity index (χ1v) is 11.1. The molecule has 3 aromatic heterocycles. The Morgan fingerprint density at radius 1 is 1.06 bits per heavy atom. The molecule has 0 aliphatic carbocycles. The molecule has 0 unspecified atom stereocenters. The van der Waals surface area contributed by atoms with Crippen molar-refractivity contribution < 1.29 is 4.74 Å². The van der Waals surface area contributed by atoms with Crippen molar-refractivity contribution in [3.05, 3.63) is 66.2 Å². The Kier molecular flexibility index (Phi) is 7.34. The smallest absolute Gasteiger partial charge is 0.160 e. The van der Waals surface area contributed by atoms with E-state index in [0.717, 1.165) is 56.1 Å². The monoisotopic (exact) mass is 486 g/mol. The largest absolute Gasteiger partial charge is 0.379 e. The van der Waals surface area contributed by atoms with Gasteiger partial charge in [0.1, 0.15) is 5.69 Å². The van der Waals surface area contributed by atoms with Crippen molar-refractivity contribution in [2.24, 2.45) is 5.92 Å². The molecule has 0 amide bonds. The second kappa shape index (κ2) is 10.2. The molecule has 2 aliphatic rings. The lowest BCUT2D eigenvalue weighted by Gasteiger charge is -2.21. The van der Waals surface area contributed by atoms with E-state index in [1.165, 1.54) is 16.6 Å². The number of aromatic nitrogens is 5. The number of nitrogens with zero attached hydrogens (tertiary/aromatic N) is 5. The van der Waals surface area contributed by atoms with Crippen molar-refractivity contribution in [2.75, 3.05) is 19.8 Å². The van der Waals surface area contributed by atoms with Gasteiger partial charge in [-0.2, -0.15) is 5.10 Å². The molecule has 1 saturated heterocycles. The first-order chi connectivity index (χ1) is 15.4. The van der Waals surface area contributed by atoms with Crippen LogP contribution in [0.2, 0.25) is 0 Å². The normalized spacial score (nSPS) is 20.0. The van der Waals surface area contributed by atoms with E-state index in [4.69, 9.17) is 14.8 Å². The molecule has 6 rings (SSSR count). The summed E-state index contributed by atoms with van der Waals surface area (Å²) in [6.07, 6.45) is 7.93. The number of fused-ring (bicyclic) bond motifs is 2. The summed E-state index contributed by atoms with van der Waals surface area (Å²) in [5.41, 5.74) is 4.55. The maximum Gasteiger partial charge on any atom is 0.160 e. The fourth-order valence-corrected chi connectivity index (χ4v) is 4.96. The summed E-state index contributed by atoms with van der Waals surface area (Å²) in [5, 5.41) is 9.58. The second-order valence-electron chi connectivity index (χ2n) is 8.49.